The number of furan rings is 1. The van der Waals surface area contributed by atoms with E-state index in [1.165, 1.54) is 16.4 Å². The highest BCUT2D eigenvalue weighted by atomic mass is 32.2. The smallest absolute Gasteiger partial charge is 0.243 e. The van der Waals surface area contributed by atoms with Crippen LogP contribution in [-0.4, -0.2) is 47.7 Å². The fourth-order valence-electron chi connectivity index (χ4n) is 5.23. The second-order valence-corrected chi connectivity index (χ2v) is 11.9. The van der Waals surface area contributed by atoms with Crippen LogP contribution in [0.15, 0.2) is 88.5 Å². The molecule has 1 saturated heterocycles. The molecule has 41 heavy (non-hydrogen) atoms. The molecule has 0 unspecified atom stereocenters. The summed E-state index contributed by atoms with van der Waals surface area (Å²) in [4.78, 5) is 8.85. The molecule has 0 amide bonds. The number of nitrogens with one attached hydrogen (secondary N) is 2. The molecule has 0 atom stereocenters. The van der Waals surface area contributed by atoms with Gasteiger partial charge in [-0.25, -0.2) is 17.8 Å². The summed E-state index contributed by atoms with van der Waals surface area (Å²) >= 11 is 0. The summed E-state index contributed by atoms with van der Waals surface area (Å²) in [5.74, 6) is 0.504. The number of aromatic nitrogens is 2. The topological polar surface area (TPSA) is 119 Å². The molecule has 6 rings (SSSR count). The molecule has 10 nitrogen and oxygen atoms in total. The van der Waals surface area contributed by atoms with E-state index in [2.05, 4.69) is 20.6 Å². The number of benzene rings is 2. The maximum Gasteiger partial charge on any atom is 0.243 e. The molecule has 4 aromatic rings. The van der Waals surface area contributed by atoms with E-state index in [1.807, 2.05) is 0 Å². The Kier molecular flexibility index (Phi) is 7.71. The SMILES string of the molecule is O=S(=O)(c1ccc(Nc2nccc(Nc3ccc(F)cc3)n2)cc1)N(Cc1ccco1)C1CCC2(CC1)OCCO2. The summed E-state index contributed by atoms with van der Waals surface area (Å²) in [5.41, 5.74) is 1.30. The van der Waals surface area contributed by atoms with Gasteiger partial charge in [0.25, 0.3) is 0 Å². The van der Waals surface area contributed by atoms with Gasteiger partial charge in [-0.2, -0.15) is 9.29 Å². The fraction of sp³-hybridized carbons (Fsp3) is 0.310. The molecule has 2 N–H and O–H groups in total. The molecule has 3 heterocycles. The average molecular weight is 580 g/mol. The van der Waals surface area contributed by atoms with Crippen molar-refractivity contribution < 1.29 is 26.7 Å². The van der Waals surface area contributed by atoms with E-state index >= 15 is 0 Å². The quantitative estimate of drug-likeness (QED) is 0.262. The van der Waals surface area contributed by atoms with E-state index in [4.69, 9.17) is 13.9 Å². The maximum absolute atomic E-state index is 13.9. The zero-order chi connectivity index (χ0) is 28.3. The molecule has 0 bridgehead atoms. The summed E-state index contributed by atoms with van der Waals surface area (Å²) in [6.45, 7) is 1.27. The number of rotatable bonds is 9. The van der Waals surface area contributed by atoms with Crippen LogP contribution in [0, 0.1) is 5.82 Å². The third-order valence-electron chi connectivity index (χ3n) is 7.32. The van der Waals surface area contributed by atoms with Crippen LogP contribution in [0.1, 0.15) is 31.4 Å². The van der Waals surface area contributed by atoms with Crippen molar-refractivity contribution in [1.82, 2.24) is 14.3 Å². The first-order chi connectivity index (χ1) is 19.9. The minimum atomic E-state index is -3.85. The Hall–Kier alpha value is -3.84. The van der Waals surface area contributed by atoms with Crippen molar-refractivity contribution in [2.24, 2.45) is 0 Å². The molecule has 214 valence electrons. The predicted octanol–water partition coefficient (Wildman–Crippen LogP) is 5.57. The first-order valence-corrected chi connectivity index (χ1v) is 14.9. The highest BCUT2D eigenvalue weighted by molar-refractivity contribution is 7.89. The maximum atomic E-state index is 13.9. The van der Waals surface area contributed by atoms with Crippen LogP contribution >= 0.6 is 0 Å². The van der Waals surface area contributed by atoms with Crippen molar-refractivity contribution in [2.45, 2.75) is 49.0 Å². The van der Waals surface area contributed by atoms with Crippen molar-refractivity contribution in [3.05, 3.63) is 90.8 Å². The van der Waals surface area contributed by atoms with Gasteiger partial charge in [-0.3, -0.25) is 0 Å². The van der Waals surface area contributed by atoms with E-state index in [9.17, 15) is 12.8 Å². The van der Waals surface area contributed by atoms with E-state index < -0.39 is 15.8 Å². The monoisotopic (exact) mass is 579 g/mol. The second kappa shape index (κ2) is 11.6. The van der Waals surface area contributed by atoms with Gasteiger partial charge in [-0.15, -0.1) is 0 Å². The summed E-state index contributed by atoms with van der Waals surface area (Å²) in [5, 5.41) is 6.20. The lowest BCUT2D eigenvalue weighted by Crippen LogP contribution is -2.46. The number of hydrogen-bond donors (Lipinski definition) is 2. The lowest BCUT2D eigenvalue weighted by molar-refractivity contribution is -0.182. The van der Waals surface area contributed by atoms with Gasteiger partial charge < -0.3 is 24.5 Å². The van der Waals surface area contributed by atoms with Crippen LogP contribution in [0.4, 0.5) is 27.5 Å². The first-order valence-electron chi connectivity index (χ1n) is 13.4. The van der Waals surface area contributed by atoms with Gasteiger partial charge in [-0.1, -0.05) is 0 Å². The van der Waals surface area contributed by atoms with E-state index in [0.29, 0.717) is 67.8 Å². The van der Waals surface area contributed by atoms with Crippen LogP contribution in [-0.2, 0) is 26.0 Å². The number of ether oxygens (including phenoxy) is 2. The van der Waals surface area contributed by atoms with Crippen LogP contribution in [0.3, 0.4) is 0 Å². The minimum Gasteiger partial charge on any atom is -0.468 e. The average Bonchev–Trinajstić information content (AvgIpc) is 3.67. The molecular formula is C29H30FN5O5S. The summed E-state index contributed by atoms with van der Waals surface area (Å²) in [7, 11) is -3.85. The Balaban J connectivity index is 1.17. The van der Waals surface area contributed by atoms with Gasteiger partial charge in [0.1, 0.15) is 17.4 Å². The van der Waals surface area contributed by atoms with Gasteiger partial charge >= 0.3 is 0 Å². The van der Waals surface area contributed by atoms with Gasteiger partial charge in [0.2, 0.25) is 16.0 Å². The van der Waals surface area contributed by atoms with Gasteiger partial charge in [0.15, 0.2) is 5.79 Å². The standard InChI is InChI=1S/C29H30FN5O5S/c30-21-3-5-22(6-4-21)32-27-13-16-31-28(34-27)33-23-7-9-26(10-8-23)41(36,37)35(20-25-2-1-17-38-25)24-11-14-29(15-12-24)39-18-19-40-29/h1-10,13,16-17,24H,11-12,14-15,18-20H2,(H2,31,32,33,34). The molecule has 2 aromatic heterocycles. The molecule has 1 aliphatic heterocycles. The fourth-order valence-corrected chi connectivity index (χ4v) is 6.88. The van der Waals surface area contributed by atoms with Crippen molar-refractivity contribution in [1.29, 1.82) is 0 Å². The number of nitrogens with zero attached hydrogens (tertiary/aromatic N) is 3. The molecule has 2 aliphatic rings. The molecule has 1 saturated carbocycles. The molecular weight excluding hydrogens is 549 g/mol. The lowest BCUT2D eigenvalue weighted by atomic mass is 9.90. The first kappa shape index (κ1) is 27.3. The molecule has 1 aliphatic carbocycles. The molecule has 12 heteroatoms. The summed E-state index contributed by atoms with van der Waals surface area (Å²) < 4.78 is 59.8. The summed E-state index contributed by atoms with van der Waals surface area (Å²) in [6.07, 6.45) is 5.66. The molecule has 2 fully saturated rings. The third-order valence-corrected chi connectivity index (χ3v) is 9.23. The Labute approximate surface area is 237 Å². The molecule has 1 spiro atoms. The van der Waals surface area contributed by atoms with Crippen molar-refractivity contribution in [3.63, 3.8) is 0 Å². The highest BCUT2D eigenvalue weighted by Crippen LogP contribution is 2.39. The summed E-state index contributed by atoms with van der Waals surface area (Å²) in [6, 6.07) is 17.4. The zero-order valence-electron chi connectivity index (χ0n) is 22.2. The molecule has 2 aromatic carbocycles. The lowest BCUT2D eigenvalue weighted by Gasteiger charge is -2.39. The number of anilines is 4. The predicted molar refractivity (Wildman–Crippen MR) is 150 cm³/mol. The number of hydrogen-bond acceptors (Lipinski definition) is 9. The van der Waals surface area contributed by atoms with E-state index in [0.717, 1.165) is 0 Å². The normalized spacial score (nSPS) is 17.2. The van der Waals surface area contributed by atoms with E-state index in [1.54, 1.807) is 67.1 Å². The van der Waals surface area contributed by atoms with Crippen molar-refractivity contribution in [2.75, 3.05) is 23.8 Å². The minimum absolute atomic E-state index is 0.135. The van der Waals surface area contributed by atoms with Gasteiger partial charge in [0, 0.05) is 36.5 Å². The van der Waals surface area contributed by atoms with Crippen LogP contribution in [0.2, 0.25) is 0 Å². The van der Waals surface area contributed by atoms with E-state index in [-0.39, 0.29) is 23.3 Å². The van der Waals surface area contributed by atoms with Crippen LogP contribution < -0.4 is 10.6 Å². The Bertz CT molecular complexity index is 1550. The second-order valence-electron chi connectivity index (χ2n) is 10.0. The largest absolute Gasteiger partial charge is 0.468 e. The van der Waals surface area contributed by atoms with Crippen LogP contribution in [0.5, 0.6) is 0 Å². The van der Waals surface area contributed by atoms with Crippen molar-refractivity contribution in [3.8, 4) is 0 Å². The number of sulfonamides is 1. The molecule has 0 radical (unpaired) electrons. The number of halogens is 1. The van der Waals surface area contributed by atoms with Crippen molar-refractivity contribution >= 4 is 33.2 Å². The Morgan fingerprint density at radius 1 is 0.927 bits per heavy atom. The van der Waals surface area contributed by atoms with Gasteiger partial charge in [-0.05, 0) is 79.6 Å². The highest BCUT2D eigenvalue weighted by Gasteiger charge is 2.44. The van der Waals surface area contributed by atoms with Crippen LogP contribution in [0.25, 0.3) is 0 Å². The Morgan fingerprint density at radius 3 is 2.29 bits per heavy atom. The van der Waals surface area contributed by atoms with Gasteiger partial charge in [0.05, 0.1) is 30.9 Å². The third kappa shape index (κ3) is 6.25. The Morgan fingerprint density at radius 2 is 1.61 bits per heavy atom. The zero-order valence-corrected chi connectivity index (χ0v) is 23.0.